The van der Waals surface area contributed by atoms with E-state index >= 15 is 0 Å². The lowest BCUT2D eigenvalue weighted by atomic mass is 9.95. The molecule has 1 aliphatic heterocycles. The highest BCUT2D eigenvalue weighted by Crippen LogP contribution is 2.40. The quantitative estimate of drug-likeness (QED) is 0.312. The largest absolute Gasteiger partial charge is 0.503 e. The van der Waals surface area contributed by atoms with Crippen molar-refractivity contribution in [1.82, 2.24) is 9.80 Å². The zero-order valence-corrected chi connectivity index (χ0v) is 22.1. The Kier molecular flexibility index (Phi) is 8.34. The summed E-state index contributed by atoms with van der Waals surface area (Å²) in [5.74, 6) is -0.709. The number of carbonyl (C=O) groups is 2. The molecule has 196 valence electrons. The van der Waals surface area contributed by atoms with E-state index in [9.17, 15) is 14.7 Å². The molecule has 1 N–H and O–H groups in total. The van der Waals surface area contributed by atoms with Gasteiger partial charge in [0.1, 0.15) is 11.3 Å². The molecular weight excluding hydrogens is 468 g/mol. The molecule has 3 aromatic rings. The van der Waals surface area contributed by atoms with Gasteiger partial charge in [0.2, 0.25) is 5.78 Å². The van der Waals surface area contributed by atoms with Gasteiger partial charge in [-0.15, -0.1) is 0 Å². The molecule has 37 heavy (non-hydrogen) atoms. The Morgan fingerprint density at radius 1 is 1.08 bits per heavy atom. The second kappa shape index (κ2) is 11.6. The van der Waals surface area contributed by atoms with E-state index in [1.54, 1.807) is 11.0 Å². The predicted octanol–water partition coefficient (Wildman–Crippen LogP) is 5.84. The number of aliphatic hydroxyl groups excluding tert-OH is 1. The van der Waals surface area contributed by atoms with Crippen molar-refractivity contribution in [3.8, 4) is 5.75 Å². The Balaban J connectivity index is 1.68. The van der Waals surface area contributed by atoms with E-state index < -0.39 is 23.5 Å². The fraction of sp³-hybridized carbons (Fsp3) is 0.400. The van der Waals surface area contributed by atoms with E-state index in [4.69, 9.17) is 9.15 Å². The summed E-state index contributed by atoms with van der Waals surface area (Å²) in [6, 6.07) is 14.0. The molecule has 0 radical (unpaired) electrons. The summed E-state index contributed by atoms with van der Waals surface area (Å²) < 4.78 is 11.6. The number of ether oxygens (including phenoxy) is 1. The molecule has 7 nitrogen and oxygen atoms in total. The molecule has 1 atom stereocenters. The molecule has 0 aliphatic carbocycles. The highest BCUT2D eigenvalue weighted by atomic mass is 16.5. The number of fused-ring (bicyclic) bond motifs is 1. The molecule has 2 aromatic carbocycles. The first kappa shape index (κ1) is 26.5. The van der Waals surface area contributed by atoms with Gasteiger partial charge in [0.15, 0.2) is 11.5 Å². The van der Waals surface area contributed by atoms with E-state index in [-0.39, 0.29) is 11.3 Å². The number of hydrogen-bond donors (Lipinski definition) is 1. The monoisotopic (exact) mass is 504 g/mol. The standard InChI is InChI=1S/C30H36N2O5/c1-5-17-36-23-12-10-21(11-13-23)27-26(28(33)25-19-22-18-20(4)9-14-24(22)37-25)29(34)30(35)32(27)16-8-15-31(6-2)7-3/h9-14,18-19,27,34H,5-8,15-17H2,1-4H3. The maximum Gasteiger partial charge on any atom is 0.290 e. The second-order valence-corrected chi connectivity index (χ2v) is 9.44. The number of aryl methyl sites for hydroxylation is 1. The number of aliphatic hydroxyl groups is 1. The van der Waals surface area contributed by atoms with Crippen LogP contribution in [0.3, 0.4) is 0 Å². The highest BCUT2D eigenvalue weighted by molar-refractivity contribution is 6.16. The van der Waals surface area contributed by atoms with Crippen molar-refractivity contribution in [3.05, 3.63) is 76.8 Å². The molecule has 2 heterocycles. The number of benzene rings is 2. The molecule has 0 bridgehead atoms. The van der Waals surface area contributed by atoms with Gasteiger partial charge in [-0.1, -0.05) is 44.5 Å². The summed E-state index contributed by atoms with van der Waals surface area (Å²) in [7, 11) is 0. The van der Waals surface area contributed by atoms with Crippen LogP contribution in [0.4, 0.5) is 0 Å². The maximum atomic E-state index is 13.7. The number of nitrogens with zero attached hydrogens (tertiary/aromatic N) is 2. The fourth-order valence-corrected chi connectivity index (χ4v) is 4.84. The molecule has 0 saturated heterocycles. The lowest BCUT2D eigenvalue weighted by molar-refractivity contribution is -0.129. The van der Waals surface area contributed by atoms with Crippen LogP contribution >= 0.6 is 0 Å². The Morgan fingerprint density at radius 2 is 1.81 bits per heavy atom. The van der Waals surface area contributed by atoms with Crippen LogP contribution < -0.4 is 4.74 Å². The van der Waals surface area contributed by atoms with E-state index in [1.807, 2.05) is 56.3 Å². The smallest absolute Gasteiger partial charge is 0.290 e. The minimum Gasteiger partial charge on any atom is -0.503 e. The van der Waals surface area contributed by atoms with Crippen LogP contribution in [0.25, 0.3) is 11.0 Å². The molecule has 0 saturated carbocycles. The molecule has 0 spiro atoms. The van der Waals surface area contributed by atoms with Crippen molar-refractivity contribution >= 4 is 22.7 Å². The average molecular weight is 505 g/mol. The fourth-order valence-electron chi connectivity index (χ4n) is 4.84. The van der Waals surface area contributed by atoms with Crippen LogP contribution in [-0.4, -0.2) is 59.4 Å². The average Bonchev–Trinajstić information content (AvgIpc) is 3.44. The zero-order chi connectivity index (χ0) is 26.5. The number of amides is 1. The first-order chi connectivity index (χ1) is 17.9. The topological polar surface area (TPSA) is 83.2 Å². The van der Waals surface area contributed by atoms with Gasteiger partial charge in [0.05, 0.1) is 18.2 Å². The van der Waals surface area contributed by atoms with Gasteiger partial charge in [-0.3, -0.25) is 9.59 Å². The van der Waals surface area contributed by atoms with Crippen LogP contribution in [0.5, 0.6) is 5.75 Å². The van der Waals surface area contributed by atoms with Crippen LogP contribution in [0, 0.1) is 6.92 Å². The highest BCUT2D eigenvalue weighted by Gasteiger charge is 2.44. The van der Waals surface area contributed by atoms with Crippen molar-refractivity contribution in [1.29, 1.82) is 0 Å². The number of hydrogen-bond acceptors (Lipinski definition) is 6. The van der Waals surface area contributed by atoms with E-state index in [1.165, 1.54) is 0 Å². The number of carbonyl (C=O) groups excluding carboxylic acids is 2. The number of furan rings is 1. The molecule has 1 aromatic heterocycles. The lowest BCUT2D eigenvalue weighted by Gasteiger charge is -2.28. The predicted molar refractivity (Wildman–Crippen MR) is 144 cm³/mol. The Bertz CT molecular complexity index is 1290. The molecule has 1 aliphatic rings. The Hall–Kier alpha value is -3.58. The van der Waals surface area contributed by atoms with Crippen LogP contribution in [0.1, 0.15) is 61.3 Å². The van der Waals surface area contributed by atoms with Gasteiger partial charge in [-0.05, 0) is 75.3 Å². The van der Waals surface area contributed by atoms with Gasteiger partial charge >= 0.3 is 0 Å². The summed E-state index contributed by atoms with van der Waals surface area (Å²) in [5, 5.41) is 11.8. The second-order valence-electron chi connectivity index (χ2n) is 9.44. The summed E-state index contributed by atoms with van der Waals surface area (Å²) in [4.78, 5) is 30.9. The van der Waals surface area contributed by atoms with E-state index in [0.717, 1.165) is 54.7 Å². The summed E-state index contributed by atoms with van der Waals surface area (Å²) in [6.07, 6.45) is 1.62. The van der Waals surface area contributed by atoms with Gasteiger partial charge < -0.3 is 24.1 Å². The molecule has 0 fully saturated rings. The van der Waals surface area contributed by atoms with Gasteiger partial charge in [-0.25, -0.2) is 0 Å². The SMILES string of the molecule is CCCOc1ccc(C2C(C(=O)c3cc4cc(C)ccc4o3)=C(O)C(=O)N2CCCN(CC)CC)cc1. The minimum absolute atomic E-state index is 0.0471. The number of Topliss-reactive ketones (excluding diaryl/α,β-unsaturated/α-hetero) is 1. The van der Waals surface area contributed by atoms with Gasteiger partial charge in [-0.2, -0.15) is 0 Å². The third-order valence-corrected chi connectivity index (χ3v) is 6.88. The minimum atomic E-state index is -0.716. The van der Waals surface area contributed by atoms with Crippen molar-refractivity contribution in [2.75, 3.05) is 32.8 Å². The molecule has 1 unspecified atom stereocenters. The van der Waals surface area contributed by atoms with Crippen molar-refractivity contribution < 1.29 is 23.8 Å². The van der Waals surface area contributed by atoms with Crippen LogP contribution in [0.2, 0.25) is 0 Å². The lowest BCUT2D eigenvalue weighted by Crippen LogP contribution is -2.34. The maximum absolute atomic E-state index is 13.7. The van der Waals surface area contributed by atoms with Crippen molar-refractivity contribution in [2.45, 2.75) is 46.6 Å². The molecule has 7 heteroatoms. The first-order valence-electron chi connectivity index (χ1n) is 13.1. The number of ketones is 1. The van der Waals surface area contributed by atoms with Crippen molar-refractivity contribution in [2.24, 2.45) is 0 Å². The Morgan fingerprint density at radius 3 is 2.49 bits per heavy atom. The summed E-state index contributed by atoms with van der Waals surface area (Å²) in [5.41, 5.74) is 2.42. The third kappa shape index (κ3) is 5.57. The summed E-state index contributed by atoms with van der Waals surface area (Å²) >= 11 is 0. The van der Waals surface area contributed by atoms with E-state index in [0.29, 0.717) is 18.7 Å². The third-order valence-electron chi connectivity index (χ3n) is 6.88. The zero-order valence-electron chi connectivity index (χ0n) is 22.1. The number of rotatable bonds is 12. The van der Waals surface area contributed by atoms with E-state index in [2.05, 4.69) is 18.7 Å². The van der Waals surface area contributed by atoms with Crippen molar-refractivity contribution in [3.63, 3.8) is 0 Å². The van der Waals surface area contributed by atoms with Crippen LogP contribution in [0.15, 0.2) is 64.3 Å². The van der Waals surface area contributed by atoms with Gasteiger partial charge in [0.25, 0.3) is 5.91 Å². The molecule has 1 amide bonds. The molecular formula is C30H36N2O5. The Labute approximate surface area is 218 Å². The summed E-state index contributed by atoms with van der Waals surface area (Å²) in [6.45, 7) is 11.9. The van der Waals surface area contributed by atoms with Crippen LogP contribution in [-0.2, 0) is 4.79 Å². The first-order valence-corrected chi connectivity index (χ1v) is 13.1. The molecule has 4 rings (SSSR count). The van der Waals surface area contributed by atoms with Gasteiger partial charge in [0, 0.05) is 11.9 Å². The normalized spacial score (nSPS) is 15.9.